The number of ether oxygens (including phenoxy) is 2. The largest absolute Gasteiger partial charge is 0.494 e. The van der Waals surface area contributed by atoms with Crippen LogP contribution in [-0.4, -0.2) is 44.4 Å². The number of morpholine rings is 1. The van der Waals surface area contributed by atoms with E-state index in [0.29, 0.717) is 0 Å². The summed E-state index contributed by atoms with van der Waals surface area (Å²) in [6.07, 6.45) is 2.24. The summed E-state index contributed by atoms with van der Waals surface area (Å²) in [7, 11) is 0. The van der Waals surface area contributed by atoms with Crippen molar-refractivity contribution in [3.05, 3.63) is 29.3 Å². The van der Waals surface area contributed by atoms with Crippen LogP contribution in [0.1, 0.15) is 12.8 Å². The fourth-order valence-corrected chi connectivity index (χ4v) is 2.19. The molecule has 0 saturated carbocycles. The molecule has 1 heterocycles. The Bertz CT molecular complexity index is 353. The SMILES string of the molecule is Clc1cccc(OCCCCN2CCOCC2)c1. The van der Waals surface area contributed by atoms with E-state index in [1.54, 1.807) is 0 Å². The molecule has 0 amide bonds. The molecule has 0 atom stereocenters. The first-order valence-electron chi connectivity index (χ1n) is 6.53. The zero-order valence-corrected chi connectivity index (χ0v) is 11.4. The van der Waals surface area contributed by atoms with Crippen molar-refractivity contribution in [2.45, 2.75) is 12.8 Å². The Kier molecular flexibility index (Phi) is 5.78. The van der Waals surface area contributed by atoms with Gasteiger partial charge in [-0.2, -0.15) is 0 Å². The maximum absolute atomic E-state index is 5.89. The quantitative estimate of drug-likeness (QED) is 0.742. The molecule has 0 N–H and O–H groups in total. The lowest BCUT2D eigenvalue weighted by atomic mass is 10.3. The third kappa shape index (κ3) is 4.84. The monoisotopic (exact) mass is 269 g/mol. The fraction of sp³-hybridized carbons (Fsp3) is 0.571. The van der Waals surface area contributed by atoms with Crippen LogP contribution in [0.3, 0.4) is 0 Å². The molecule has 1 aromatic rings. The molecule has 0 unspecified atom stereocenters. The van der Waals surface area contributed by atoms with Gasteiger partial charge in [-0.25, -0.2) is 0 Å². The van der Waals surface area contributed by atoms with Gasteiger partial charge < -0.3 is 9.47 Å². The highest BCUT2D eigenvalue weighted by Gasteiger charge is 2.08. The Morgan fingerprint density at radius 2 is 2.06 bits per heavy atom. The molecular formula is C14H20ClNO2. The third-order valence-electron chi connectivity index (χ3n) is 3.04. The van der Waals surface area contributed by atoms with Gasteiger partial charge in [0.2, 0.25) is 0 Å². The molecule has 3 nitrogen and oxygen atoms in total. The molecule has 1 fully saturated rings. The van der Waals surface area contributed by atoms with Gasteiger partial charge in [-0.05, 0) is 37.6 Å². The smallest absolute Gasteiger partial charge is 0.120 e. The zero-order chi connectivity index (χ0) is 12.6. The van der Waals surface area contributed by atoms with Crippen LogP contribution >= 0.6 is 11.6 Å². The Balaban J connectivity index is 1.55. The van der Waals surface area contributed by atoms with E-state index in [1.165, 1.54) is 6.42 Å². The van der Waals surface area contributed by atoms with Crippen LogP contribution in [0.25, 0.3) is 0 Å². The number of rotatable bonds is 6. The van der Waals surface area contributed by atoms with Crippen LogP contribution in [0.4, 0.5) is 0 Å². The van der Waals surface area contributed by atoms with Gasteiger partial charge in [0.1, 0.15) is 5.75 Å². The molecule has 1 aromatic carbocycles. The Labute approximate surface area is 114 Å². The molecule has 0 aliphatic carbocycles. The van der Waals surface area contributed by atoms with Gasteiger partial charge in [-0.1, -0.05) is 17.7 Å². The minimum Gasteiger partial charge on any atom is -0.494 e. The predicted octanol–water partition coefficient (Wildman–Crippen LogP) is 2.83. The molecule has 0 bridgehead atoms. The topological polar surface area (TPSA) is 21.7 Å². The normalized spacial score (nSPS) is 16.7. The highest BCUT2D eigenvalue weighted by atomic mass is 35.5. The number of unbranched alkanes of at least 4 members (excludes halogenated alkanes) is 1. The van der Waals surface area contributed by atoms with E-state index >= 15 is 0 Å². The Hall–Kier alpha value is -0.770. The van der Waals surface area contributed by atoms with Crippen molar-refractivity contribution in [3.63, 3.8) is 0 Å². The van der Waals surface area contributed by atoms with E-state index in [0.717, 1.165) is 56.6 Å². The van der Waals surface area contributed by atoms with E-state index in [2.05, 4.69) is 4.90 Å². The van der Waals surface area contributed by atoms with Crippen LogP contribution in [0.2, 0.25) is 5.02 Å². The number of benzene rings is 1. The first-order chi connectivity index (χ1) is 8.84. The maximum Gasteiger partial charge on any atom is 0.120 e. The standard InChI is InChI=1S/C14H20ClNO2/c15-13-4-3-5-14(12-13)18-9-2-1-6-16-7-10-17-11-8-16/h3-5,12H,1-2,6-11H2. The van der Waals surface area contributed by atoms with Crippen molar-refractivity contribution in [2.75, 3.05) is 39.5 Å². The summed E-state index contributed by atoms with van der Waals surface area (Å²) in [4.78, 5) is 2.45. The van der Waals surface area contributed by atoms with Crippen molar-refractivity contribution in [1.82, 2.24) is 4.90 Å². The molecule has 4 heteroatoms. The molecule has 0 spiro atoms. The predicted molar refractivity (Wildman–Crippen MR) is 73.4 cm³/mol. The van der Waals surface area contributed by atoms with Crippen molar-refractivity contribution >= 4 is 11.6 Å². The van der Waals surface area contributed by atoms with Gasteiger partial charge in [0, 0.05) is 18.1 Å². The fourth-order valence-electron chi connectivity index (χ4n) is 2.01. The molecule has 0 aromatic heterocycles. The second kappa shape index (κ2) is 7.62. The number of hydrogen-bond acceptors (Lipinski definition) is 3. The molecule has 0 radical (unpaired) electrons. The van der Waals surface area contributed by atoms with Crippen LogP contribution in [-0.2, 0) is 4.74 Å². The van der Waals surface area contributed by atoms with E-state index in [1.807, 2.05) is 24.3 Å². The summed E-state index contributed by atoms with van der Waals surface area (Å²) in [5, 5.41) is 0.723. The van der Waals surface area contributed by atoms with Gasteiger partial charge in [-0.3, -0.25) is 4.90 Å². The minimum absolute atomic E-state index is 0.723. The number of hydrogen-bond donors (Lipinski definition) is 0. The molecule has 1 aliphatic heterocycles. The summed E-state index contributed by atoms with van der Waals surface area (Å²) in [6.45, 7) is 5.77. The van der Waals surface area contributed by atoms with Gasteiger partial charge in [0.25, 0.3) is 0 Å². The second-order valence-corrected chi connectivity index (χ2v) is 4.90. The van der Waals surface area contributed by atoms with Gasteiger partial charge in [0.05, 0.1) is 19.8 Å². The number of nitrogens with zero attached hydrogens (tertiary/aromatic N) is 1. The third-order valence-corrected chi connectivity index (χ3v) is 3.27. The lowest BCUT2D eigenvalue weighted by molar-refractivity contribution is 0.0368. The highest BCUT2D eigenvalue weighted by molar-refractivity contribution is 6.30. The van der Waals surface area contributed by atoms with Crippen molar-refractivity contribution in [3.8, 4) is 5.75 Å². The first kappa shape index (κ1) is 13.7. The van der Waals surface area contributed by atoms with E-state index in [-0.39, 0.29) is 0 Å². The summed E-state index contributed by atoms with van der Waals surface area (Å²) in [5.41, 5.74) is 0. The van der Waals surface area contributed by atoms with Gasteiger partial charge in [-0.15, -0.1) is 0 Å². The average molecular weight is 270 g/mol. The number of halogens is 1. The maximum atomic E-state index is 5.89. The van der Waals surface area contributed by atoms with Crippen molar-refractivity contribution < 1.29 is 9.47 Å². The molecule has 2 rings (SSSR count). The molecule has 1 saturated heterocycles. The minimum atomic E-state index is 0.723. The van der Waals surface area contributed by atoms with Crippen LogP contribution in [0.15, 0.2) is 24.3 Å². The Morgan fingerprint density at radius 3 is 2.83 bits per heavy atom. The summed E-state index contributed by atoms with van der Waals surface area (Å²) >= 11 is 5.89. The Morgan fingerprint density at radius 1 is 1.22 bits per heavy atom. The average Bonchev–Trinajstić information content (AvgIpc) is 2.40. The van der Waals surface area contributed by atoms with Gasteiger partial charge >= 0.3 is 0 Å². The zero-order valence-electron chi connectivity index (χ0n) is 10.6. The molecular weight excluding hydrogens is 250 g/mol. The van der Waals surface area contributed by atoms with Gasteiger partial charge in [0.15, 0.2) is 0 Å². The van der Waals surface area contributed by atoms with Crippen LogP contribution in [0.5, 0.6) is 5.75 Å². The van der Waals surface area contributed by atoms with E-state index in [9.17, 15) is 0 Å². The highest BCUT2D eigenvalue weighted by Crippen LogP contribution is 2.17. The van der Waals surface area contributed by atoms with Crippen molar-refractivity contribution in [2.24, 2.45) is 0 Å². The van der Waals surface area contributed by atoms with Crippen LogP contribution in [0, 0.1) is 0 Å². The lowest BCUT2D eigenvalue weighted by Crippen LogP contribution is -2.36. The first-order valence-corrected chi connectivity index (χ1v) is 6.91. The summed E-state index contributed by atoms with van der Waals surface area (Å²) in [5.74, 6) is 0.855. The van der Waals surface area contributed by atoms with E-state index in [4.69, 9.17) is 21.1 Å². The van der Waals surface area contributed by atoms with Crippen LogP contribution < -0.4 is 4.74 Å². The van der Waals surface area contributed by atoms with Crippen molar-refractivity contribution in [1.29, 1.82) is 0 Å². The second-order valence-electron chi connectivity index (χ2n) is 4.47. The summed E-state index contributed by atoms with van der Waals surface area (Å²) < 4.78 is 11.0. The van der Waals surface area contributed by atoms with E-state index < -0.39 is 0 Å². The molecule has 100 valence electrons. The summed E-state index contributed by atoms with van der Waals surface area (Å²) in [6, 6.07) is 7.55. The molecule has 1 aliphatic rings. The lowest BCUT2D eigenvalue weighted by Gasteiger charge is -2.26. The molecule has 18 heavy (non-hydrogen) atoms.